The van der Waals surface area contributed by atoms with Crippen LogP contribution in [0.4, 0.5) is 0 Å². The van der Waals surface area contributed by atoms with Crippen LogP contribution in [-0.4, -0.2) is 17.2 Å². The van der Waals surface area contributed by atoms with E-state index in [1.807, 2.05) is 12.3 Å². The van der Waals surface area contributed by atoms with Gasteiger partial charge in [0.05, 0.1) is 5.71 Å². The van der Waals surface area contributed by atoms with Crippen molar-refractivity contribution in [1.82, 2.24) is 4.98 Å². The van der Waals surface area contributed by atoms with E-state index in [0.717, 1.165) is 24.2 Å². The molecule has 0 amide bonds. The minimum Gasteiger partial charge on any atom is -0.284 e. The van der Waals surface area contributed by atoms with Gasteiger partial charge in [-0.1, -0.05) is 24.3 Å². The van der Waals surface area contributed by atoms with Gasteiger partial charge in [0.1, 0.15) is 0 Å². The van der Waals surface area contributed by atoms with E-state index in [-0.39, 0.29) is 0 Å². The second-order valence-corrected chi connectivity index (χ2v) is 3.88. The monoisotopic (exact) mass is 208 g/mol. The molecular weight excluding hydrogens is 196 g/mol. The van der Waals surface area contributed by atoms with Crippen LogP contribution in [0.5, 0.6) is 0 Å². The molecule has 0 fully saturated rings. The highest BCUT2D eigenvalue weighted by Gasteiger charge is 2.14. The Kier molecular flexibility index (Phi) is 2.26. The molecule has 78 valence electrons. The maximum absolute atomic E-state index is 4.62. The summed E-state index contributed by atoms with van der Waals surface area (Å²) in [6.45, 7) is 0.876. The van der Waals surface area contributed by atoms with Crippen molar-refractivity contribution in [3.05, 3.63) is 65.5 Å². The third-order valence-corrected chi connectivity index (χ3v) is 2.86. The Balaban J connectivity index is 2.13. The zero-order valence-corrected chi connectivity index (χ0v) is 8.93. The molecule has 0 spiro atoms. The first-order chi connectivity index (χ1) is 7.95. The molecule has 2 nitrogen and oxygen atoms in total. The van der Waals surface area contributed by atoms with Crippen LogP contribution in [0.25, 0.3) is 0 Å². The Morgan fingerprint density at radius 3 is 2.81 bits per heavy atom. The predicted molar refractivity (Wildman–Crippen MR) is 64.9 cm³/mol. The van der Waals surface area contributed by atoms with Gasteiger partial charge in [0.15, 0.2) is 0 Å². The SMILES string of the molecule is c1cncc(C2=NCCc3ccccc32)c1. The van der Waals surface area contributed by atoms with Crippen molar-refractivity contribution in [2.45, 2.75) is 6.42 Å². The Morgan fingerprint density at radius 1 is 1.00 bits per heavy atom. The van der Waals surface area contributed by atoms with E-state index < -0.39 is 0 Å². The third-order valence-electron chi connectivity index (χ3n) is 2.86. The van der Waals surface area contributed by atoms with Gasteiger partial charge in [-0.05, 0) is 24.1 Å². The van der Waals surface area contributed by atoms with Crippen LogP contribution in [0.3, 0.4) is 0 Å². The molecule has 1 aromatic carbocycles. The lowest BCUT2D eigenvalue weighted by Gasteiger charge is -2.16. The predicted octanol–water partition coefficient (Wildman–Crippen LogP) is 2.48. The van der Waals surface area contributed by atoms with E-state index in [2.05, 4.69) is 40.3 Å². The summed E-state index contributed by atoms with van der Waals surface area (Å²) < 4.78 is 0. The van der Waals surface area contributed by atoms with Crippen LogP contribution >= 0.6 is 0 Å². The van der Waals surface area contributed by atoms with Gasteiger partial charge in [-0.15, -0.1) is 0 Å². The van der Waals surface area contributed by atoms with Gasteiger partial charge in [-0.3, -0.25) is 9.98 Å². The quantitative estimate of drug-likeness (QED) is 0.706. The molecule has 1 aliphatic heterocycles. The van der Waals surface area contributed by atoms with Gasteiger partial charge >= 0.3 is 0 Å². The summed E-state index contributed by atoms with van der Waals surface area (Å²) in [5.74, 6) is 0. The highest BCUT2D eigenvalue weighted by molar-refractivity contribution is 6.14. The first-order valence-electron chi connectivity index (χ1n) is 5.48. The Morgan fingerprint density at radius 2 is 1.94 bits per heavy atom. The average Bonchev–Trinajstić information content (AvgIpc) is 2.39. The first kappa shape index (κ1) is 9.28. The van der Waals surface area contributed by atoms with Crippen molar-refractivity contribution >= 4 is 5.71 Å². The number of hydrogen-bond donors (Lipinski definition) is 0. The summed E-state index contributed by atoms with van der Waals surface area (Å²) in [6, 6.07) is 12.5. The fourth-order valence-corrected chi connectivity index (χ4v) is 2.09. The molecule has 0 bridgehead atoms. The molecule has 0 aliphatic carbocycles. The summed E-state index contributed by atoms with van der Waals surface area (Å²) in [5.41, 5.74) is 4.82. The molecule has 16 heavy (non-hydrogen) atoms. The van der Waals surface area contributed by atoms with Gasteiger partial charge < -0.3 is 0 Å². The van der Waals surface area contributed by atoms with Crippen LogP contribution < -0.4 is 0 Å². The summed E-state index contributed by atoms with van der Waals surface area (Å²) in [5, 5.41) is 0. The molecule has 3 rings (SSSR count). The maximum atomic E-state index is 4.62. The molecule has 2 heterocycles. The Hall–Kier alpha value is -1.96. The number of benzene rings is 1. The zero-order chi connectivity index (χ0) is 10.8. The molecule has 0 unspecified atom stereocenters. The molecule has 0 saturated carbocycles. The lowest BCUT2D eigenvalue weighted by Crippen LogP contribution is -2.13. The molecule has 1 aromatic heterocycles. The van der Waals surface area contributed by atoms with E-state index in [1.165, 1.54) is 11.1 Å². The van der Waals surface area contributed by atoms with Crippen LogP contribution in [-0.2, 0) is 6.42 Å². The molecule has 0 radical (unpaired) electrons. The molecule has 0 atom stereocenters. The minimum absolute atomic E-state index is 0.876. The largest absolute Gasteiger partial charge is 0.284 e. The van der Waals surface area contributed by atoms with Crippen molar-refractivity contribution in [2.24, 2.45) is 4.99 Å². The van der Waals surface area contributed by atoms with Gasteiger partial charge in [0.2, 0.25) is 0 Å². The third kappa shape index (κ3) is 1.52. The standard InChI is InChI=1S/C14H12N2/c1-2-6-13-11(4-1)7-9-16-14(13)12-5-3-8-15-10-12/h1-6,8,10H,7,9H2. The zero-order valence-electron chi connectivity index (χ0n) is 8.93. The van der Waals surface area contributed by atoms with Crippen LogP contribution in [0, 0.1) is 0 Å². The highest BCUT2D eigenvalue weighted by Crippen LogP contribution is 2.19. The average molecular weight is 208 g/mol. The van der Waals surface area contributed by atoms with E-state index in [1.54, 1.807) is 6.20 Å². The fourth-order valence-electron chi connectivity index (χ4n) is 2.09. The van der Waals surface area contributed by atoms with E-state index >= 15 is 0 Å². The van der Waals surface area contributed by atoms with Crippen molar-refractivity contribution < 1.29 is 0 Å². The number of aliphatic imine (C=N–C) groups is 1. The Labute approximate surface area is 94.7 Å². The van der Waals surface area contributed by atoms with E-state index in [9.17, 15) is 0 Å². The van der Waals surface area contributed by atoms with E-state index in [0.29, 0.717) is 0 Å². The molecule has 2 aromatic rings. The molecule has 0 saturated heterocycles. The fraction of sp³-hybridized carbons (Fsp3) is 0.143. The second kappa shape index (κ2) is 3.89. The molecule has 2 heteroatoms. The summed E-state index contributed by atoms with van der Waals surface area (Å²) >= 11 is 0. The van der Waals surface area contributed by atoms with Crippen molar-refractivity contribution in [3.63, 3.8) is 0 Å². The van der Waals surface area contributed by atoms with Crippen LogP contribution in [0.2, 0.25) is 0 Å². The topological polar surface area (TPSA) is 25.2 Å². The number of fused-ring (bicyclic) bond motifs is 1. The van der Waals surface area contributed by atoms with Gasteiger partial charge in [-0.2, -0.15) is 0 Å². The van der Waals surface area contributed by atoms with Gasteiger partial charge in [0, 0.05) is 30.1 Å². The lowest BCUT2D eigenvalue weighted by molar-refractivity contribution is 0.943. The minimum atomic E-state index is 0.876. The van der Waals surface area contributed by atoms with Gasteiger partial charge in [0.25, 0.3) is 0 Å². The number of aromatic nitrogens is 1. The molecular formula is C14H12N2. The maximum Gasteiger partial charge on any atom is 0.0737 e. The number of pyridine rings is 1. The van der Waals surface area contributed by atoms with Crippen LogP contribution in [0.1, 0.15) is 16.7 Å². The smallest absolute Gasteiger partial charge is 0.0737 e. The molecule has 1 aliphatic rings. The summed E-state index contributed by atoms with van der Waals surface area (Å²) in [6.07, 6.45) is 4.71. The number of rotatable bonds is 1. The number of hydrogen-bond acceptors (Lipinski definition) is 2. The van der Waals surface area contributed by atoms with Crippen molar-refractivity contribution in [3.8, 4) is 0 Å². The van der Waals surface area contributed by atoms with Crippen molar-refractivity contribution in [1.29, 1.82) is 0 Å². The molecule has 0 N–H and O–H groups in total. The number of nitrogens with zero attached hydrogens (tertiary/aromatic N) is 2. The first-order valence-corrected chi connectivity index (χ1v) is 5.48. The summed E-state index contributed by atoms with van der Waals surface area (Å²) in [4.78, 5) is 8.77. The normalized spacial score (nSPS) is 14.1. The van der Waals surface area contributed by atoms with E-state index in [4.69, 9.17) is 0 Å². The van der Waals surface area contributed by atoms with Crippen molar-refractivity contribution in [2.75, 3.05) is 6.54 Å². The summed E-state index contributed by atoms with van der Waals surface area (Å²) in [7, 11) is 0. The second-order valence-electron chi connectivity index (χ2n) is 3.88. The Bertz CT molecular complexity index is 529. The van der Waals surface area contributed by atoms with Crippen LogP contribution in [0.15, 0.2) is 53.8 Å². The lowest BCUT2D eigenvalue weighted by atomic mass is 9.94. The highest BCUT2D eigenvalue weighted by atomic mass is 14.8. The van der Waals surface area contributed by atoms with Gasteiger partial charge in [-0.25, -0.2) is 0 Å².